The fraction of sp³-hybridized carbons (Fsp3) is 0.450. The molecule has 1 fully saturated rings. The summed E-state index contributed by atoms with van der Waals surface area (Å²) in [5, 5.41) is 4.43. The Morgan fingerprint density at radius 2 is 1.96 bits per heavy atom. The molecule has 6 nitrogen and oxygen atoms in total. The van der Waals surface area contributed by atoms with E-state index in [1.807, 2.05) is 24.3 Å². The van der Waals surface area contributed by atoms with Gasteiger partial charge in [-0.25, -0.2) is 12.7 Å². The van der Waals surface area contributed by atoms with Crippen molar-refractivity contribution in [1.29, 1.82) is 0 Å². The topological polar surface area (TPSA) is 75.7 Å². The molecule has 28 heavy (non-hydrogen) atoms. The van der Waals surface area contributed by atoms with Crippen LogP contribution in [-0.2, 0) is 16.6 Å². The molecular formula is C20H26N2O4S2. The largest absolute Gasteiger partial charge is 0.490 e. The molecule has 8 heteroatoms. The zero-order chi connectivity index (χ0) is 20.1. The third-order valence-corrected chi connectivity index (χ3v) is 7.70. The molecule has 1 aromatic heterocycles. The first-order chi connectivity index (χ1) is 13.4. The molecule has 152 valence electrons. The second-order valence-corrected chi connectivity index (χ2v) is 10.1. The van der Waals surface area contributed by atoms with Crippen molar-refractivity contribution in [3.63, 3.8) is 0 Å². The number of carbonyl (C=O) groups excluding carboxylic acids is 1. The van der Waals surface area contributed by atoms with Gasteiger partial charge in [-0.3, -0.25) is 4.79 Å². The van der Waals surface area contributed by atoms with E-state index in [9.17, 15) is 13.2 Å². The summed E-state index contributed by atoms with van der Waals surface area (Å²) in [6, 6.07) is 9.15. The highest BCUT2D eigenvalue weighted by atomic mass is 32.2. The lowest BCUT2D eigenvalue weighted by Gasteiger charge is -2.23. The minimum atomic E-state index is -3.65. The molecule has 1 heterocycles. The number of sulfonamides is 1. The number of rotatable bonds is 7. The van der Waals surface area contributed by atoms with Gasteiger partial charge < -0.3 is 10.1 Å². The van der Waals surface area contributed by atoms with Crippen LogP contribution in [0.5, 0.6) is 5.75 Å². The van der Waals surface area contributed by atoms with Crippen molar-refractivity contribution in [1.82, 2.24) is 9.62 Å². The molecule has 0 radical (unpaired) electrons. The molecule has 1 N–H and O–H groups in total. The fourth-order valence-electron chi connectivity index (χ4n) is 3.23. The van der Waals surface area contributed by atoms with Crippen molar-refractivity contribution in [2.45, 2.75) is 49.6 Å². The minimum Gasteiger partial charge on any atom is -0.490 e. The predicted octanol–water partition coefficient (Wildman–Crippen LogP) is 3.64. The zero-order valence-corrected chi connectivity index (χ0v) is 17.8. The van der Waals surface area contributed by atoms with Gasteiger partial charge in [-0.1, -0.05) is 18.6 Å². The fourth-order valence-corrected chi connectivity index (χ4v) is 5.44. The Hall–Kier alpha value is -1.90. The number of nitrogens with zero attached hydrogens (tertiary/aromatic N) is 1. The number of hydrogen-bond donors (Lipinski definition) is 1. The van der Waals surface area contributed by atoms with Gasteiger partial charge in [-0.2, -0.15) is 0 Å². The lowest BCUT2D eigenvalue weighted by Crippen LogP contribution is -2.27. The van der Waals surface area contributed by atoms with Gasteiger partial charge in [0, 0.05) is 20.6 Å². The summed E-state index contributed by atoms with van der Waals surface area (Å²) in [5.41, 5.74) is 0.912. The number of ether oxygens (including phenoxy) is 1. The van der Waals surface area contributed by atoms with E-state index in [0.717, 1.165) is 39.8 Å². The van der Waals surface area contributed by atoms with Crippen molar-refractivity contribution in [2.75, 3.05) is 14.1 Å². The number of carbonyl (C=O) groups is 1. The third kappa shape index (κ3) is 4.92. The molecule has 1 saturated carbocycles. The molecular weight excluding hydrogens is 396 g/mol. The van der Waals surface area contributed by atoms with Crippen LogP contribution < -0.4 is 10.1 Å². The highest BCUT2D eigenvalue weighted by Gasteiger charge is 2.25. The van der Waals surface area contributed by atoms with E-state index < -0.39 is 15.9 Å². The van der Waals surface area contributed by atoms with Crippen LogP contribution in [0, 0.1) is 0 Å². The zero-order valence-electron chi connectivity index (χ0n) is 16.2. The molecule has 0 spiro atoms. The van der Waals surface area contributed by atoms with Crippen LogP contribution in [0.15, 0.2) is 40.6 Å². The first-order valence-corrected chi connectivity index (χ1v) is 11.7. The molecule has 3 rings (SSSR count). The van der Waals surface area contributed by atoms with Gasteiger partial charge in [0.2, 0.25) is 10.0 Å². The molecule has 0 atom stereocenters. The maximum atomic E-state index is 12.6. The van der Waals surface area contributed by atoms with Crippen molar-refractivity contribution >= 4 is 27.3 Å². The van der Waals surface area contributed by atoms with Crippen LogP contribution in [0.3, 0.4) is 0 Å². The van der Waals surface area contributed by atoms with E-state index in [1.54, 1.807) is 5.38 Å². The molecule has 1 amide bonds. The monoisotopic (exact) mass is 422 g/mol. The minimum absolute atomic E-state index is 0.0365. The summed E-state index contributed by atoms with van der Waals surface area (Å²) in [6.07, 6.45) is 6.13. The highest BCUT2D eigenvalue weighted by Crippen LogP contribution is 2.25. The second kappa shape index (κ2) is 9.07. The summed E-state index contributed by atoms with van der Waals surface area (Å²) >= 11 is 1.12. The maximum absolute atomic E-state index is 12.6. The summed E-state index contributed by atoms with van der Waals surface area (Å²) in [5.74, 6) is 0.416. The SMILES string of the molecule is CN(C)S(=O)(=O)c1ccsc1C(=O)NCc1cccc(OC2CCCCC2)c1. The van der Waals surface area contributed by atoms with Crippen molar-refractivity contribution in [2.24, 2.45) is 0 Å². The van der Waals surface area contributed by atoms with E-state index in [4.69, 9.17) is 4.74 Å². The van der Waals surface area contributed by atoms with Crippen LogP contribution in [-0.4, -0.2) is 38.8 Å². The summed E-state index contributed by atoms with van der Waals surface area (Å²) in [7, 11) is -0.751. The normalized spacial score (nSPS) is 15.5. The predicted molar refractivity (Wildman–Crippen MR) is 110 cm³/mol. The first kappa shape index (κ1) is 20.8. The van der Waals surface area contributed by atoms with Crippen LogP contribution in [0.25, 0.3) is 0 Å². The van der Waals surface area contributed by atoms with Crippen LogP contribution in [0.1, 0.15) is 47.3 Å². The van der Waals surface area contributed by atoms with E-state index in [1.165, 1.54) is 39.4 Å². The molecule has 1 aromatic carbocycles. The van der Waals surface area contributed by atoms with Crippen molar-refractivity contribution in [3.8, 4) is 5.75 Å². The standard InChI is InChI=1S/C20H26N2O4S2/c1-22(2)28(24,25)18-11-12-27-19(18)20(23)21-14-15-7-6-10-17(13-15)26-16-8-4-3-5-9-16/h6-7,10-13,16H,3-5,8-9,14H2,1-2H3,(H,21,23). The van der Waals surface area contributed by atoms with Gasteiger partial charge in [0.15, 0.2) is 0 Å². The lowest BCUT2D eigenvalue weighted by atomic mass is 9.98. The Kier molecular flexibility index (Phi) is 6.74. The second-order valence-electron chi connectivity index (χ2n) is 7.11. The Labute approximate surface area is 170 Å². The van der Waals surface area contributed by atoms with Gasteiger partial charge in [0.05, 0.1) is 6.10 Å². The van der Waals surface area contributed by atoms with Crippen LogP contribution >= 0.6 is 11.3 Å². The molecule has 0 aliphatic heterocycles. The number of nitrogens with one attached hydrogen (secondary N) is 1. The molecule has 0 bridgehead atoms. The molecule has 0 unspecified atom stereocenters. The van der Waals surface area contributed by atoms with Crippen LogP contribution in [0.2, 0.25) is 0 Å². The molecule has 0 saturated heterocycles. The molecule has 2 aromatic rings. The smallest absolute Gasteiger partial charge is 0.263 e. The summed E-state index contributed by atoms with van der Waals surface area (Å²) in [6.45, 7) is 0.306. The lowest BCUT2D eigenvalue weighted by molar-refractivity contribution is 0.0951. The van der Waals surface area contributed by atoms with Gasteiger partial charge in [-0.05, 0) is 54.8 Å². The number of amides is 1. The van der Waals surface area contributed by atoms with Gasteiger partial charge >= 0.3 is 0 Å². The number of thiophene rings is 1. The van der Waals surface area contributed by atoms with E-state index in [0.29, 0.717) is 6.54 Å². The molecule has 1 aliphatic carbocycles. The van der Waals surface area contributed by atoms with E-state index >= 15 is 0 Å². The van der Waals surface area contributed by atoms with Gasteiger partial charge in [0.1, 0.15) is 15.5 Å². The summed E-state index contributed by atoms with van der Waals surface area (Å²) < 4.78 is 31.9. The Morgan fingerprint density at radius 1 is 1.21 bits per heavy atom. The Balaban J connectivity index is 1.64. The highest BCUT2D eigenvalue weighted by molar-refractivity contribution is 7.89. The van der Waals surface area contributed by atoms with E-state index in [-0.39, 0.29) is 15.9 Å². The molecule has 1 aliphatic rings. The third-order valence-electron chi connectivity index (χ3n) is 4.80. The van der Waals surface area contributed by atoms with Crippen molar-refractivity contribution in [3.05, 3.63) is 46.2 Å². The van der Waals surface area contributed by atoms with Gasteiger partial charge in [0.25, 0.3) is 5.91 Å². The maximum Gasteiger partial charge on any atom is 0.263 e. The Bertz CT molecular complexity index is 916. The Morgan fingerprint density at radius 3 is 2.68 bits per heavy atom. The average Bonchev–Trinajstić information content (AvgIpc) is 3.18. The number of benzene rings is 1. The van der Waals surface area contributed by atoms with Crippen LogP contribution in [0.4, 0.5) is 0 Å². The first-order valence-electron chi connectivity index (χ1n) is 9.42. The number of hydrogen-bond acceptors (Lipinski definition) is 5. The van der Waals surface area contributed by atoms with Gasteiger partial charge in [-0.15, -0.1) is 11.3 Å². The van der Waals surface area contributed by atoms with Crippen molar-refractivity contribution < 1.29 is 17.9 Å². The quantitative estimate of drug-likeness (QED) is 0.739. The average molecular weight is 423 g/mol. The summed E-state index contributed by atoms with van der Waals surface area (Å²) in [4.78, 5) is 12.8. The van der Waals surface area contributed by atoms with E-state index in [2.05, 4.69) is 5.32 Å².